The molecule has 0 aromatic heterocycles. The molecule has 0 fully saturated rings. The molecule has 0 heterocycles. The van der Waals surface area contributed by atoms with Gasteiger partial charge in [0, 0.05) is 30.2 Å². The molecule has 0 spiro atoms. The van der Waals surface area contributed by atoms with E-state index in [0.717, 1.165) is 16.6 Å². The molecule has 0 aliphatic carbocycles. The normalized spacial score (nSPS) is 9.96. The maximum absolute atomic E-state index is 12.6. The smallest absolute Gasteiger partial charge is 0.257 e. The number of nitrogens with zero attached hydrogens (tertiary/aromatic N) is 1. The van der Waals surface area contributed by atoms with Crippen LogP contribution in [0.2, 0.25) is 0 Å². The average molecular weight is 414 g/mol. The van der Waals surface area contributed by atoms with Crippen molar-refractivity contribution >= 4 is 34.2 Å². The number of amides is 1. The van der Waals surface area contributed by atoms with Crippen LogP contribution in [-0.2, 0) is 6.61 Å². The summed E-state index contributed by atoms with van der Waals surface area (Å²) in [6.07, 6.45) is 0. The van der Waals surface area contributed by atoms with E-state index in [9.17, 15) is 4.79 Å². The van der Waals surface area contributed by atoms with Gasteiger partial charge >= 0.3 is 0 Å². The molecule has 6 heteroatoms. The quantitative estimate of drug-likeness (QED) is 0.752. The molecule has 1 N–H and O–H groups in total. The highest BCUT2D eigenvalue weighted by Crippen LogP contribution is 2.23. The third-order valence-electron chi connectivity index (χ3n) is 3.50. The Labute approximate surface area is 157 Å². The van der Waals surface area contributed by atoms with Crippen molar-refractivity contribution in [1.82, 2.24) is 10.2 Å². The monoisotopic (exact) mass is 412 g/mol. The minimum Gasteiger partial charge on any atom is -0.488 e. The minimum absolute atomic E-state index is 0. The number of rotatable bonds is 7. The molecule has 4 nitrogen and oxygen atoms in total. The van der Waals surface area contributed by atoms with Gasteiger partial charge in [0.2, 0.25) is 0 Å². The number of ether oxygens (including phenoxy) is 1. The van der Waals surface area contributed by atoms with Gasteiger partial charge in [-0.2, -0.15) is 0 Å². The third-order valence-corrected chi connectivity index (χ3v) is 4.28. The van der Waals surface area contributed by atoms with Crippen molar-refractivity contribution < 1.29 is 9.53 Å². The predicted octanol–water partition coefficient (Wildman–Crippen LogP) is 3.74. The van der Waals surface area contributed by atoms with E-state index in [4.69, 9.17) is 4.74 Å². The first-order chi connectivity index (χ1) is 11.1. The van der Waals surface area contributed by atoms with E-state index in [1.807, 2.05) is 49.5 Å². The van der Waals surface area contributed by atoms with Crippen LogP contribution in [0.4, 0.5) is 0 Å². The number of hydrogen-bond acceptors (Lipinski definition) is 3. The average Bonchev–Trinajstić information content (AvgIpc) is 2.58. The van der Waals surface area contributed by atoms with Gasteiger partial charge in [-0.05, 0) is 25.2 Å². The van der Waals surface area contributed by atoms with Gasteiger partial charge in [-0.15, -0.1) is 12.4 Å². The van der Waals surface area contributed by atoms with Crippen molar-refractivity contribution in [2.45, 2.75) is 6.61 Å². The molecular weight excluding hydrogens is 392 g/mol. The van der Waals surface area contributed by atoms with Gasteiger partial charge in [0.05, 0.1) is 5.56 Å². The van der Waals surface area contributed by atoms with Crippen LogP contribution in [0, 0.1) is 0 Å². The fourth-order valence-corrected chi connectivity index (χ4v) is 2.53. The summed E-state index contributed by atoms with van der Waals surface area (Å²) in [4.78, 5) is 14.3. The molecule has 0 radical (unpaired) electrons. The van der Waals surface area contributed by atoms with Crippen LogP contribution in [-0.4, -0.2) is 38.0 Å². The molecule has 2 aromatic carbocycles. The number of benzene rings is 2. The summed E-state index contributed by atoms with van der Waals surface area (Å²) in [5.74, 6) is 0.563. The van der Waals surface area contributed by atoms with E-state index in [2.05, 4.69) is 21.2 Å². The Kier molecular flexibility index (Phi) is 8.82. The molecule has 24 heavy (non-hydrogen) atoms. The molecule has 0 aliphatic rings. The summed E-state index contributed by atoms with van der Waals surface area (Å²) in [7, 11) is 3.66. The van der Waals surface area contributed by atoms with Crippen LogP contribution in [0.25, 0.3) is 0 Å². The highest BCUT2D eigenvalue weighted by molar-refractivity contribution is 9.10. The largest absolute Gasteiger partial charge is 0.488 e. The van der Waals surface area contributed by atoms with Gasteiger partial charge in [0.15, 0.2) is 0 Å². The second-order valence-electron chi connectivity index (χ2n) is 5.21. The van der Waals surface area contributed by atoms with Crippen LogP contribution < -0.4 is 10.1 Å². The number of para-hydroxylation sites is 1. The fraction of sp³-hybridized carbons (Fsp3) is 0.278. The molecule has 2 rings (SSSR count). The summed E-state index contributed by atoms with van der Waals surface area (Å²) in [5.41, 5.74) is 1.62. The van der Waals surface area contributed by atoms with Gasteiger partial charge in [-0.3, -0.25) is 4.79 Å². The maximum atomic E-state index is 12.6. The molecule has 0 aliphatic heterocycles. The van der Waals surface area contributed by atoms with Gasteiger partial charge < -0.3 is 15.0 Å². The van der Waals surface area contributed by atoms with Gasteiger partial charge in [-0.1, -0.05) is 46.3 Å². The van der Waals surface area contributed by atoms with E-state index >= 15 is 0 Å². The lowest BCUT2D eigenvalue weighted by Crippen LogP contribution is -2.33. The molecule has 0 atom stereocenters. The molecule has 0 unspecified atom stereocenters. The molecule has 0 saturated carbocycles. The second kappa shape index (κ2) is 10.3. The number of halogens is 2. The first kappa shape index (κ1) is 20.5. The lowest BCUT2D eigenvalue weighted by atomic mass is 10.1. The van der Waals surface area contributed by atoms with E-state index in [1.165, 1.54) is 0 Å². The van der Waals surface area contributed by atoms with Crippen molar-refractivity contribution in [3.8, 4) is 5.75 Å². The molecule has 130 valence electrons. The van der Waals surface area contributed by atoms with Crippen molar-refractivity contribution in [2.75, 3.05) is 27.2 Å². The van der Waals surface area contributed by atoms with Crippen molar-refractivity contribution in [1.29, 1.82) is 0 Å². The summed E-state index contributed by atoms with van der Waals surface area (Å²) in [5, 5.41) is 3.04. The first-order valence-corrected chi connectivity index (χ1v) is 8.28. The van der Waals surface area contributed by atoms with Gasteiger partial charge in [0.25, 0.3) is 5.91 Å². The maximum Gasteiger partial charge on any atom is 0.257 e. The number of carbonyl (C=O) groups is 1. The zero-order valence-corrected chi connectivity index (χ0v) is 16.2. The Balaban J connectivity index is 0.00000288. The van der Waals surface area contributed by atoms with E-state index in [-0.39, 0.29) is 18.3 Å². The van der Waals surface area contributed by atoms with Crippen LogP contribution >= 0.6 is 28.3 Å². The predicted molar refractivity (Wildman–Crippen MR) is 103 cm³/mol. The molecule has 1 amide bonds. The molecule has 0 saturated heterocycles. The summed E-state index contributed by atoms with van der Waals surface area (Å²) in [6, 6.07) is 15.2. The highest BCUT2D eigenvalue weighted by atomic mass is 79.9. The summed E-state index contributed by atoms with van der Waals surface area (Å²) < 4.78 is 6.88. The molecule has 2 aromatic rings. The Morgan fingerprint density at radius 3 is 2.54 bits per heavy atom. The van der Waals surface area contributed by atoms with Crippen molar-refractivity contribution in [2.24, 2.45) is 0 Å². The zero-order chi connectivity index (χ0) is 16.7. The summed E-state index contributed by atoms with van der Waals surface area (Å²) >= 11 is 3.51. The van der Waals surface area contributed by atoms with Crippen LogP contribution in [0.3, 0.4) is 0 Å². The molecular formula is C18H22BrClN2O2. The van der Waals surface area contributed by atoms with Crippen LogP contribution in [0.1, 0.15) is 15.9 Å². The standard InChI is InChI=1S/C18H21BrN2O2.ClH/c1-20-11-12-21(2)18(22)15-8-4-6-10-17(15)23-13-14-7-3-5-9-16(14)19;/h3-10,20H,11-13H2,1-2H3;1H. The number of nitrogens with one attached hydrogen (secondary N) is 1. The minimum atomic E-state index is -0.0389. The second-order valence-corrected chi connectivity index (χ2v) is 6.06. The van der Waals surface area contributed by atoms with E-state index in [1.54, 1.807) is 18.0 Å². The van der Waals surface area contributed by atoms with E-state index in [0.29, 0.717) is 24.5 Å². The lowest BCUT2D eigenvalue weighted by molar-refractivity contribution is 0.0792. The SMILES string of the molecule is CNCCN(C)C(=O)c1ccccc1OCc1ccccc1Br.Cl. The Bertz CT molecular complexity index is 667. The molecule has 0 bridgehead atoms. The highest BCUT2D eigenvalue weighted by Gasteiger charge is 2.16. The Morgan fingerprint density at radius 1 is 1.17 bits per heavy atom. The van der Waals surface area contributed by atoms with Crippen LogP contribution in [0.5, 0.6) is 5.75 Å². The van der Waals surface area contributed by atoms with Crippen molar-refractivity contribution in [3.63, 3.8) is 0 Å². The number of carbonyl (C=O) groups excluding carboxylic acids is 1. The van der Waals surface area contributed by atoms with E-state index < -0.39 is 0 Å². The topological polar surface area (TPSA) is 41.6 Å². The Morgan fingerprint density at radius 2 is 1.83 bits per heavy atom. The third kappa shape index (κ3) is 5.51. The first-order valence-electron chi connectivity index (χ1n) is 7.48. The summed E-state index contributed by atoms with van der Waals surface area (Å²) in [6.45, 7) is 1.81. The zero-order valence-electron chi connectivity index (χ0n) is 13.8. The fourth-order valence-electron chi connectivity index (χ4n) is 2.13. The number of hydrogen-bond donors (Lipinski definition) is 1. The lowest BCUT2D eigenvalue weighted by Gasteiger charge is -2.19. The Hall–Kier alpha value is -1.56. The van der Waals surface area contributed by atoms with Crippen molar-refractivity contribution in [3.05, 3.63) is 64.1 Å². The van der Waals surface area contributed by atoms with Gasteiger partial charge in [0.1, 0.15) is 12.4 Å². The van der Waals surface area contributed by atoms with Crippen LogP contribution in [0.15, 0.2) is 53.0 Å². The van der Waals surface area contributed by atoms with Gasteiger partial charge in [-0.25, -0.2) is 0 Å². The number of likely N-dealkylation sites (N-methyl/N-ethyl adjacent to an activating group) is 2.